The molecule has 0 aromatic heterocycles. The van der Waals surface area contributed by atoms with E-state index in [0.717, 1.165) is 16.9 Å². The highest BCUT2D eigenvalue weighted by Gasteiger charge is 2.12. The largest absolute Gasteiger partial charge is 0.493 e. The van der Waals surface area contributed by atoms with Crippen molar-refractivity contribution >= 4 is 5.97 Å². The van der Waals surface area contributed by atoms with Crippen molar-refractivity contribution in [3.63, 3.8) is 0 Å². The van der Waals surface area contributed by atoms with Crippen molar-refractivity contribution in [3.05, 3.63) is 59.2 Å². The quantitative estimate of drug-likeness (QED) is 0.818. The molecule has 2 rings (SSSR count). The molecule has 0 heterocycles. The van der Waals surface area contributed by atoms with E-state index in [1.807, 2.05) is 31.2 Å². The van der Waals surface area contributed by atoms with Crippen LogP contribution in [0.1, 0.15) is 48.2 Å². The summed E-state index contributed by atoms with van der Waals surface area (Å²) in [4.78, 5) is 11.2. The predicted octanol–water partition coefficient (Wildman–Crippen LogP) is 4.49. The smallest absolute Gasteiger partial charge is 0.335 e. The van der Waals surface area contributed by atoms with E-state index in [1.54, 1.807) is 18.2 Å². The summed E-state index contributed by atoms with van der Waals surface area (Å²) >= 11 is 0. The molecule has 2 aromatic rings. The molecule has 0 saturated carbocycles. The second-order valence-electron chi connectivity index (χ2n) is 5.54. The van der Waals surface area contributed by atoms with Crippen molar-refractivity contribution in [2.75, 3.05) is 6.61 Å². The molecule has 4 nitrogen and oxygen atoms in total. The lowest BCUT2D eigenvalue weighted by atomic mass is 10.0. The summed E-state index contributed by atoms with van der Waals surface area (Å²) in [6.45, 7) is 6.89. The number of para-hydroxylation sites is 1. The second-order valence-corrected chi connectivity index (χ2v) is 5.54. The molecule has 122 valence electrons. The highest BCUT2D eigenvalue weighted by molar-refractivity contribution is 5.88. The van der Waals surface area contributed by atoms with Gasteiger partial charge in [-0.15, -0.1) is 0 Å². The van der Waals surface area contributed by atoms with Gasteiger partial charge in [-0.1, -0.05) is 32.0 Å². The highest BCUT2D eigenvalue weighted by atomic mass is 16.5. The Balaban J connectivity index is 2.25. The molecule has 0 aliphatic heterocycles. The van der Waals surface area contributed by atoms with Crippen LogP contribution in [0.15, 0.2) is 42.5 Å². The number of carboxylic acid groups (broad SMARTS) is 1. The van der Waals surface area contributed by atoms with Crippen molar-refractivity contribution in [2.45, 2.75) is 33.3 Å². The Morgan fingerprint density at radius 1 is 1.09 bits per heavy atom. The fraction of sp³-hybridized carbons (Fsp3) is 0.316. The van der Waals surface area contributed by atoms with Gasteiger partial charge in [0.05, 0.1) is 12.2 Å². The van der Waals surface area contributed by atoms with Crippen molar-refractivity contribution in [1.29, 1.82) is 0 Å². The zero-order valence-corrected chi connectivity index (χ0v) is 13.7. The molecule has 0 spiro atoms. The van der Waals surface area contributed by atoms with Crippen molar-refractivity contribution in [3.8, 4) is 11.5 Å². The molecule has 2 aromatic carbocycles. The molecule has 0 aliphatic rings. The van der Waals surface area contributed by atoms with E-state index in [9.17, 15) is 4.79 Å². The number of ether oxygens (including phenoxy) is 2. The number of benzene rings is 2. The Morgan fingerprint density at radius 3 is 2.48 bits per heavy atom. The summed E-state index contributed by atoms with van der Waals surface area (Å²) < 4.78 is 11.5. The monoisotopic (exact) mass is 314 g/mol. The summed E-state index contributed by atoms with van der Waals surface area (Å²) in [6, 6.07) is 12.7. The minimum atomic E-state index is -0.961. The summed E-state index contributed by atoms with van der Waals surface area (Å²) in [7, 11) is 0. The Kier molecular flexibility index (Phi) is 5.63. The topological polar surface area (TPSA) is 55.8 Å². The van der Waals surface area contributed by atoms with E-state index in [2.05, 4.69) is 13.8 Å². The first-order chi connectivity index (χ1) is 11.0. The van der Waals surface area contributed by atoms with Crippen molar-refractivity contribution < 1.29 is 19.4 Å². The molecule has 0 aliphatic carbocycles. The Hall–Kier alpha value is -2.49. The number of carboxylic acids is 1. The summed E-state index contributed by atoms with van der Waals surface area (Å²) in [5.41, 5.74) is 2.08. The van der Waals surface area contributed by atoms with Crippen molar-refractivity contribution in [1.82, 2.24) is 0 Å². The number of carbonyl (C=O) groups is 1. The molecule has 23 heavy (non-hydrogen) atoms. The zero-order valence-electron chi connectivity index (χ0n) is 13.7. The maximum atomic E-state index is 11.2. The first-order valence-electron chi connectivity index (χ1n) is 7.73. The minimum absolute atomic E-state index is 0.226. The Morgan fingerprint density at radius 2 is 1.83 bits per heavy atom. The van der Waals surface area contributed by atoms with Crippen LogP contribution in [0.3, 0.4) is 0 Å². The number of aromatic carboxylic acids is 1. The van der Waals surface area contributed by atoms with Gasteiger partial charge in [0.15, 0.2) is 0 Å². The van der Waals surface area contributed by atoms with Crippen LogP contribution in [0.5, 0.6) is 11.5 Å². The Labute approximate surface area is 136 Å². The molecule has 0 amide bonds. The zero-order chi connectivity index (χ0) is 16.8. The van der Waals surface area contributed by atoms with Gasteiger partial charge in [-0.05, 0) is 42.7 Å². The van der Waals surface area contributed by atoms with Crippen LogP contribution in [0, 0.1) is 0 Å². The van der Waals surface area contributed by atoms with Crippen LogP contribution in [0.4, 0.5) is 0 Å². The van der Waals surface area contributed by atoms with Crippen LogP contribution in [0.25, 0.3) is 0 Å². The molecule has 1 N–H and O–H groups in total. The maximum absolute atomic E-state index is 11.2. The second kappa shape index (κ2) is 7.68. The standard InChI is InChI=1S/C19H22O4/c1-4-22-17-10-9-14(19(20)21)11-15(17)12-23-18-8-6-5-7-16(18)13(2)3/h5-11,13H,4,12H2,1-3H3,(H,20,21). The summed E-state index contributed by atoms with van der Waals surface area (Å²) in [6.07, 6.45) is 0. The van der Waals surface area contributed by atoms with E-state index in [-0.39, 0.29) is 12.2 Å². The van der Waals surface area contributed by atoms with Gasteiger partial charge in [-0.25, -0.2) is 4.79 Å². The molecule has 0 radical (unpaired) electrons. The van der Waals surface area contributed by atoms with Gasteiger partial charge >= 0.3 is 5.97 Å². The van der Waals surface area contributed by atoms with Crippen LogP contribution in [0.2, 0.25) is 0 Å². The van der Waals surface area contributed by atoms with Gasteiger partial charge in [-0.3, -0.25) is 0 Å². The SMILES string of the molecule is CCOc1ccc(C(=O)O)cc1COc1ccccc1C(C)C. The molecular weight excluding hydrogens is 292 g/mol. The minimum Gasteiger partial charge on any atom is -0.493 e. The number of hydrogen-bond acceptors (Lipinski definition) is 3. The highest BCUT2D eigenvalue weighted by Crippen LogP contribution is 2.28. The molecular formula is C19H22O4. The van der Waals surface area contributed by atoms with Crippen LogP contribution >= 0.6 is 0 Å². The lowest BCUT2D eigenvalue weighted by Crippen LogP contribution is -2.05. The molecule has 0 bridgehead atoms. The number of hydrogen-bond donors (Lipinski definition) is 1. The first-order valence-corrected chi connectivity index (χ1v) is 7.73. The third kappa shape index (κ3) is 4.25. The molecule has 0 atom stereocenters. The summed E-state index contributed by atoms with van der Waals surface area (Å²) in [5.74, 6) is 0.852. The fourth-order valence-electron chi connectivity index (χ4n) is 2.37. The van der Waals surface area contributed by atoms with E-state index in [1.165, 1.54) is 0 Å². The average Bonchev–Trinajstić information content (AvgIpc) is 2.54. The summed E-state index contributed by atoms with van der Waals surface area (Å²) in [5, 5.41) is 9.15. The normalized spacial score (nSPS) is 10.6. The first kappa shape index (κ1) is 16.9. The van der Waals surface area contributed by atoms with Gasteiger partial charge in [0.25, 0.3) is 0 Å². The van der Waals surface area contributed by atoms with E-state index < -0.39 is 5.97 Å². The number of rotatable bonds is 7. The van der Waals surface area contributed by atoms with Gasteiger partial charge in [0, 0.05) is 5.56 Å². The third-order valence-electron chi connectivity index (χ3n) is 3.53. The fourth-order valence-corrected chi connectivity index (χ4v) is 2.37. The lowest BCUT2D eigenvalue weighted by Gasteiger charge is -2.16. The maximum Gasteiger partial charge on any atom is 0.335 e. The Bertz CT molecular complexity index is 677. The predicted molar refractivity (Wildman–Crippen MR) is 89.4 cm³/mol. The van der Waals surface area contributed by atoms with Gasteiger partial charge in [0.1, 0.15) is 18.1 Å². The molecule has 0 fully saturated rings. The molecule has 4 heteroatoms. The van der Waals surface area contributed by atoms with Crippen LogP contribution < -0.4 is 9.47 Å². The van der Waals surface area contributed by atoms with Gasteiger partial charge < -0.3 is 14.6 Å². The molecule has 0 unspecified atom stereocenters. The average molecular weight is 314 g/mol. The van der Waals surface area contributed by atoms with Crippen LogP contribution in [-0.4, -0.2) is 17.7 Å². The lowest BCUT2D eigenvalue weighted by molar-refractivity contribution is 0.0696. The van der Waals surface area contributed by atoms with E-state index in [4.69, 9.17) is 14.6 Å². The van der Waals surface area contributed by atoms with E-state index in [0.29, 0.717) is 18.3 Å². The van der Waals surface area contributed by atoms with Crippen LogP contribution in [-0.2, 0) is 6.61 Å². The van der Waals surface area contributed by atoms with E-state index >= 15 is 0 Å². The van der Waals surface area contributed by atoms with Gasteiger partial charge in [0.2, 0.25) is 0 Å². The third-order valence-corrected chi connectivity index (χ3v) is 3.53. The van der Waals surface area contributed by atoms with Gasteiger partial charge in [-0.2, -0.15) is 0 Å². The molecule has 0 saturated heterocycles. The van der Waals surface area contributed by atoms with Crippen molar-refractivity contribution in [2.24, 2.45) is 0 Å².